The topological polar surface area (TPSA) is 54.5 Å². The Kier molecular flexibility index (Phi) is 3.45. The monoisotopic (exact) mass is 219 g/mol. The number of carbonyl (C=O) groups is 1. The van der Waals surface area contributed by atoms with E-state index < -0.39 is 27.7 Å². The van der Waals surface area contributed by atoms with E-state index in [4.69, 9.17) is 0 Å². The van der Waals surface area contributed by atoms with Crippen LogP contribution in [0.2, 0.25) is 0 Å². The molecule has 0 aromatic carbocycles. The summed E-state index contributed by atoms with van der Waals surface area (Å²) >= 11 is 0. The Hall–Kier alpha value is -0.630. The van der Waals surface area contributed by atoms with Gasteiger partial charge in [0.1, 0.15) is 5.75 Å². The first kappa shape index (κ1) is 12.4. The van der Waals surface area contributed by atoms with E-state index in [0.29, 0.717) is 4.31 Å². The fourth-order valence-electron chi connectivity index (χ4n) is 0.377. The first-order valence-electron chi connectivity index (χ1n) is 3.07. The molecule has 0 saturated heterocycles. The largest absolute Gasteiger partial charge is 0.451 e. The van der Waals surface area contributed by atoms with Crippen molar-refractivity contribution in [3.63, 3.8) is 0 Å². The average molecular weight is 219 g/mol. The van der Waals surface area contributed by atoms with Crippen molar-refractivity contribution in [2.45, 2.75) is 6.18 Å². The highest BCUT2D eigenvalue weighted by Gasteiger charge is 2.41. The van der Waals surface area contributed by atoms with Crippen molar-refractivity contribution in [2.24, 2.45) is 0 Å². The van der Waals surface area contributed by atoms with Gasteiger partial charge in [-0.25, -0.2) is 12.7 Å². The number of alkyl halides is 3. The molecule has 0 rings (SSSR count). The van der Waals surface area contributed by atoms with Gasteiger partial charge >= 0.3 is 6.18 Å². The lowest BCUT2D eigenvalue weighted by atomic mass is 10.4. The van der Waals surface area contributed by atoms with Gasteiger partial charge in [-0.2, -0.15) is 13.2 Å². The standard InChI is InChI=1S/C5H8F3NO3S/c1-9(2)13(11,12)3-4(10)5(6,7)8/h3H2,1-2H3. The summed E-state index contributed by atoms with van der Waals surface area (Å²) in [4.78, 5) is 10.3. The number of sulfonamides is 1. The zero-order chi connectivity index (χ0) is 10.9. The molecule has 0 saturated carbocycles. The predicted molar refractivity (Wildman–Crippen MR) is 38.5 cm³/mol. The fourth-order valence-corrected chi connectivity index (χ4v) is 1.13. The van der Waals surface area contributed by atoms with Crippen LogP contribution in [0.25, 0.3) is 0 Å². The van der Waals surface area contributed by atoms with E-state index in [-0.39, 0.29) is 0 Å². The summed E-state index contributed by atoms with van der Waals surface area (Å²) in [7, 11) is -2.01. The number of hydrogen-bond donors (Lipinski definition) is 0. The highest BCUT2D eigenvalue weighted by atomic mass is 32.2. The van der Waals surface area contributed by atoms with Crippen molar-refractivity contribution in [2.75, 3.05) is 19.8 Å². The molecule has 0 aliphatic heterocycles. The minimum absolute atomic E-state index is 0.566. The van der Waals surface area contributed by atoms with Gasteiger partial charge < -0.3 is 0 Å². The van der Waals surface area contributed by atoms with Crippen LogP contribution in [0.3, 0.4) is 0 Å². The lowest BCUT2D eigenvalue weighted by Gasteiger charge is -2.11. The van der Waals surface area contributed by atoms with Crippen molar-refractivity contribution >= 4 is 15.8 Å². The van der Waals surface area contributed by atoms with E-state index >= 15 is 0 Å². The van der Waals surface area contributed by atoms with Crippen LogP contribution < -0.4 is 0 Å². The number of Topliss-reactive ketones (excluding diaryl/α,β-unsaturated/α-hetero) is 1. The fraction of sp³-hybridized carbons (Fsp3) is 0.800. The lowest BCUT2D eigenvalue weighted by molar-refractivity contribution is -0.168. The van der Waals surface area contributed by atoms with Crippen LogP contribution in [0.5, 0.6) is 0 Å². The summed E-state index contributed by atoms with van der Waals surface area (Å²) in [6.07, 6.45) is -5.09. The quantitative estimate of drug-likeness (QED) is 0.671. The third-order valence-corrected chi connectivity index (χ3v) is 2.93. The van der Waals surface area contributed by atoms with Crippen LogP contribution in [0.1, 0.15) is 0 Å². The first-order valence-corrected chi connectivity index (χ1v) is 4.68. The number of ketones is 1. The highest BCUT2D eigenvalue weighted by molar-refractivity contribution is 7.89. The number of carbonyl (C=O) groups excluding carboxylic acids is 1. The van der Waals surface area contributed by atoms with Gasteiger partial charge in [-0.1, -0.05) is 0 Å². The number of nitrogens with zero attached hydrogens (tertiary/aromatic N) is 1. The minimum atomic E-state index is -5.09. The summed E-state index contributed by atoms with van der Waals surface area (Å²) in [6.45, 7) is 0. The second-order valence-electron chi connectivity index (χ2n) is 2.46. The van der Waals surface area contributed by atoms with Gasteiger partial charge in [-0.3, -0.25) is 4.79 Å². The third-order valence-electron chi connectivity index (χ3n) is 1.19. The summed E-state index contributed by atoms with van der Waals surface area (Å²) in [5.41, 5.74) is 0. The molecule has 0 heterocycles. The molecule has 0 amide bonds. The lowest BCUT2D eigenvalue weighted by Crippen LogP contribution is -2.35. The van der Waals surface area contributed by atoms with Crippen LogP contribution in [-0.2, 0) is 14.8 Å². The van der Waals surface area contributed by atoms with E-state index in [1.165, 1.54) is 0 Å². The molecule has 0 N–H and O–H groups in total. The van der Waals surface area contributed by atoms with Crippen LogP contribution in [0.15, 0.2) is 0 Å². The maximum atomic E-state index is 11.6. The third kappa shape index (κ3) is 3.73. The Balaban J connectivity index is 4.58. The normalized spacial score (nSPS) is 13.4. The molecular formula is C5H8F3NO3S. The summed E-state index contributed by atoms with van der Waals surface area (Å²) in [6, 6.07) is 0. The molecule has 0 aliphatic carbocycles. The van der Waals surface area contributed by atoms with E-state index in [1.54, 1.807) is 0 Å². The van der Waals surface area contributed by atoms with Gasteiger partial charge in [0.2, 0.25) is 10.0 Å². The van der Waals surface area contributed by atoms with Crippen molar-refractivity contribution in [1.29, 1.82) is 0 Å². The summed E-state index contributed by atoms with van der Waals surface area (Å²) in [5, 5.41) is 0. The van der Waals surface area contributed by atoms with Crippen molar-refractivity contribution in [3.05, 3.63) is 0 Å². The van der Waals surface area contributed by atoms with Gasteiger partial charge in [0, 0.05) is 14.1 Å². The molecular weight excluding hydrogens is 211 g/mol. The Morgan fingerprint density at radius 3 is 1.92 bits per heavy atom. The summed E-state index contributed by atoms with van der Waals surface area (Å²) in [5.74, 6) is -3.80. The summed E-state index contributed by atoms with van der Waals surface area (Å²) < 4.78 is 57.0. The molecule has 0 fully saturated rings. The van der Waals surface area contributed by atoms with Gasteiger partial charge in [0.25, 0.3) is 5.78 Å². The van der Waals surface area contributed by atoms with Gasteiger partial charge in [-0.15, -0.1) is 0 Å². The Morgan fingerprint density at radius 2 is 1.69 bits per heavy atom. The van der Waals surface area contributed by atoms with Crippen molar-refractivity contribution in [3.8, 4) is 0 Å². The van der Waals surface area contributed by atoms with Crippen LogP contribution in [0.4, 0.5) is 13.2 Å². The molecule has 4 nitrogen and oxygen atoms in total. The van der Waals surface area contributed by atoms with Gasteiger partial charge in [0.15, 0.2) is 0 Å². The number of hydrogen-bond acceptors (Lipinski definition) is 3. The molecule has 0 aromatic rings. The van der Waals surface area contributed by atoms with Crippen molar-refractivity contribution < 1.29 is 26.4 Å². The molecule has 0 bridgehead atoms. The maximum absolute atomic E-state index is 11.6. The van der Waals surface area contributed by atoms with Gasteiger partial charge in [-0.05, 0) is 0 Å². The number of halogens is 3. The average Bonchev–Trinajstić information content (AvgIpc) is 1.83. The van der Waals surface area contributed by atoms with E-state index in [9.17, 15) is 26.4 Å². The smallest absolute Gasteiger partial charge is 0.288 e. The molecule has 0 aromatic heterocycles. The van der Waals surface area contributed by atoms with Crippen LogP contribution in [0, 0.1) is 0 Å². The molecule has 0 aliphatic rings. The second kappa shape index (κ2) is 3.62. The molecule has 8 heteroatoms. The van der Waals surface area contributed by atoms with Crippen LogP contribution in [-0.4, -0.2) is 44.5 Å². The first-order chi connectivity index (χ1) is 5.57. The second-order valence-corrected chi connectivity index (χ2v) is 4.64. The van der Waals surface area contributed by atoms with Gasteiger partial charge in [0.05, 0.1) is 0 Å². The molecule has 0 unspecified atom stereocenters. The number of rotatable bonds is 3. The Morgan fingerprint density at radius 1 is 1.31 bits per heavy atom. The van der Waals surface area contributed by atoms with E-state index in [2.05, 4.69) is 0 Å². The Bertz CT molecular complexity index is 293. The maximum Gasteiger partial charge on any atom is 0.451 e. The molecule has 0 spiro atoms. The Labute approximate surface area is 73.4 Å². The van der Waals surface area contributed by atoms with E-state index in [0.717, 1.165) is 14.1 Å². The molecule has 0 radical (unpaired) electrons. The molecule has 78 valence electrons. The van der Waals surface area contributed by atoms with Crippen molar-refractivity contribution in [1.82, 2.24) is 4.31 Å². The zero-order valence-electron chi connectivity index (χ0n) is 6.92. The minimum Gasteiger partial charge on any atom is -0.288 e. The van der Waals surface area contributed by atoms with Crippen LogP contribution >= 0.6 is 0 Å². The highest BCUT2D eigenvalue weighted by Crippen LogP contribution is 2.17. The molecule has 0 atom stereocenters. The SMILES string of the molecule is CN(C)S(=O)(=O)CC(=O)C(F)(F)F. The zero-order valence-corrected chi connectivity index (χ0v) is 7.74. The van der Waals surface area contributed by atoms with E-state index in [1.807, 2.05) is 0 Å². The molecule has 13 heavy (non-hydrogen) atoms. The predicted octanol–water partition coefficient (Wildman–Crippen LogP) is 0.00920.